The van der Waals surface area contributed by atoms with Crippen molar-refractivity contribution in [3.05, 3.63) is 34.4 Å². The summed E-state index contributed by atoms with van der Waals surface area (Å²) in [6, 6.07) is 5.73. The van der Waals surface area contributed by atoms with Gasteiger partial charge in [0.15, 0.2) is 5.78 Å². The Kier molecular flexibility index (Phi) is 3.03. The molecule has 0 fully saturated rings. The van der Waals surface area contributed by atoms with Crippen molar-refractivity contribution in [1.29, 1.82) is 5.26 Å². The Hall–Kier alpha value is -1.62. The minimum atomic E-state index is 0.0384. The number of benzene rings is 1. The molecule has 0 atom stereocenters. The first-order valence-corrected chi connectivity index (χ1v) is 4.65. The van der Waals surface area contributed by atoms with Crippen molar-refractivity contribution >= 4 is 5.78 Å². The predicted octanol–water partition coefficient (Wildman–Crippen LogP) is 2.63. The quantitative estimate of drug-likeness (QED) is 0.668. The van der Waals surface area contributed by atoms with Crippen LogP contribution in [0.1, 0.15) is 40.9 Å². The van der Waals surface area contributed by atoms with E-state index in [0.29, 0.717) is 11.1 Å². The highest BCUT2D eigenvalue weighted by atomic mass is 16.1. The normalized spacial score (nSPS) is 9.57. The van der Waals surface area contributed by atoms with Gasteiger partial charge in [-0.25, -0.2) is 0 Å². The van der Waals surface area contributed by atoms with E-state index in [1.165, 1.54) is 0 Å². The largest absolute Gasteiger partial charge is 0.294 e. The van der Waals surface area contributed by atoms with E-state index in [1.54, 1.807) is 13.0 Å². The number of nitriles is 1. The van der Waals surface area contributed by atoms with Gasteiger partial charge in [-0.2, -0.15) is 5.26 Å². The Morgan fingerprint density at radius 1 is 1.50 bits per heavy atom. The number of carbonyl (C=O) groups excluding carboxylic acids is 1. The number of ketones is 1. The minimum absolute atomic E-state index is 0.0384. The van der Waals surface area contributed by atoms with E-state index < -0.39 is 0 Å². The van der Waals surface area contributed by atoms with Crippen molar-refractivity contribution in [2.24, 2.45) is 0 Å². The number of aryl methyl sites for hydroxylation is 1. The van der Waals surface area contributed by atoms with Gasteiger partial charge in [0.1, 0.15) is 0 Å². The first-order chi connectivity index (χ1) is 6.61. The summed E-state index contributed by atoms with van der Waals surface area (Å²) >= 11 is 0. The van der Waals surface area contributed by atoms with Crippen LogP contribution >= 0.6 is 0 Å². The van der Waals surface area contributed by atoms with Crippen LogP contribution in [-0.2, 0) is 6.42 Å². The summed E-state index contributed by atoms with van der Waals surface area (Å²) in [6.07, 6.45) is 0.821. The molecular weight excluding hydrogens is 174 g/mol. The molecule has 0 aliphatic rings. The van der Waals surface area contributed by atoms with E-state index in [0.717, 1.165) is 17.5 Å². The molecule has 1 rings (SSSR count). The number of hydrogen-bond acceptors (Lipinski definition) is 2. The Labute approximate surface area is 84.2 Å². The maximum atomic E-state index is 11.4. The average Bonchev–Trinajstić information content (AvgIpc) is 2.16. The molecule has 0 spiro atoms. The molecular formula is C12H13NO. The lowest BCUT2D eigenvalue weighted by atomic mass is 9.94. The lowest BCUT2D eigenvalue weighted by Gasteiger charge is -2.09. The Bertz CT molecular complexity index is 413. The van der Waals surface area contributed by atoms with Gasteiger partial charge in [0, 0.05) is 5.56 Å². The zero-order chi connectivity index (χ0) is 10.7. The lowest BCUT2D eigenvalue weighted by molar-refractivity contribution is 0.101. The zero-order valence-corrected chi connectivity index (χ0v) is 8.72. The summed E-state index contributed by atoms with van der Waals surface area (Å²) in [4.78, 5) is 11.4. The molecule has 0 unspecified atom stereocenters. The van der Waals surface area contributed by atoms with E-state index in [-0.39, 0.29) is 5.78 Å². The lowest BCUT2D eigenvalue weighted by Crippen LogP contribution is -2.03. The van der Waals surface area contributed by atoms with Gasteiger partial charge in [-0.3, -0.25) is 4.79 Å². The van der Waals surface area contributed by atoms with Crippen LogP contribution in [-0.4, -0.2) is 5.78 Å². The van der Waals surface area contributed by atoms with Crippen LogP contribution in [0.25, 0.3) is 0 Å². The zero-order valence-electron chi connectivity index (χ0n) is 8.72. The molecule has 0 N–H and O–H groups in total. The number of Topliss-reactive ketones (excluding diaryl/α,β-unsaturated/α-hetero) is 1. The van der Waals surface area contributed by atoms with Crippen molar-refractivity contribution in [3.63, 3.8) is 0 Å². The number of hydrogen-bond donors (Lipinski definition) is 0. The third-order valence-electron chi connectivity index (χ3n) is 2.40. The van der Waals surface area contributed by atoms with Crippen LogP contribution in [0, 0.1) is 18.3 Å². The first kappa shape index (κ1) is 10.5. The molecule has 0 saturated heterocycles. The summed E-state index contributed by atoms with van der Waals surface area (Å²) in [7, 11) is 0. The standard InChI is InChI=1S/C12H13NO/c1-4-10-5-6-11(7-13)8(2)12(10)9(3)14/h5-6H,4H2,1-3H3. The molecule has 1 aromatic rings. The van der Waals surface area contributed by atoms with Crippen LogP contribution in [0.2, 0.25) is 0 Å². The highest BCUT2D eigenvalue weighted by Crippen LogP contribution is 2.19. The highest BCUT2D eigenvalue weighted by Gasteiger charge is 2.12. The molecule has 0 heterocycles. The summed E-state index contributed by atoms with van der Waals surface area (Å²) in [6.45, 7) is 5.38. The Balaban J connectivity index is 3.49. The van der Waals surface area contributed by atoms with E-state index in [1.807, 2.05) is 19.9 Å². The van der Waals surface area contributed by atoms with E-state index in [2.05, 4.69) is 6.07 Å². The van der Waals surface area contributed by atoms with Gasteiger partial charge in [-0.15, -0.1) is 0 Å². The molecule has 0 amide bonds. The molecule has 0 aliphatic carbocycles. The monoisotopic (exact) mass is 187 g/mol. The summed E-state index contributed by atoms with van der Waals surface area (Å²) in [5, 5.41) is 8.83. The molecule has 0 aliphatic heterocycles. The van der Waals surface area contributed by atoms with Crippen molar-refractivity contribution in [1.82, 2.24) is 0 Å². The summed E-state index contributed by atoms with van der Waals surface area (Å²) in [5.41, 5.74) is 3.13. The second-order valence-corrected chi connectivity index (χ2v) is 3.29. The van der Waals surface area contributed by atoms with Crippen LogP contribution < -0.4 is 0 Å². The van der Waals surface area contributed by atoms with Crippen LogP contribution in [0.3, 0.4) is 0 Å². The predicted molar refractivity (Wildman–Crippen MR) is 55.3 cm³/mol. The first-order valence-electron chi connectivity index (χ1n) is 4.65. The SMILES string of the molecule is CCc1ccc(C#N)c(C)c1C(C)=O. The Morgan fingerprint density at radius 3 is 2.57 bits per heavy atom. The van der Waals surface area contributed by atoms with Crippen molar-refractivity contribution in [2.45, 2.75) is 27.2 Å². The second-order valence-electron chi connectivity index (χ2n) is 3.29. The maximum absolute atomic E-state index is 11.4. The average molecular weight is 187 g/mol. The van der Waals surface area contributed by atoms with Crippen molar-refractivity contribution in [2.75, 3.05) is 0 Å². The molecule has 2 heteroatoms. The summed E-state index contributed by atoms with van der Waals surface area (Å²) < 4.78 is 0. The van der Waals surface area contributed by atoms with Gasteiger partial charge in [0.2, 0.25) is 0 Å². The topological polar surface area (TPSA) is 40.9 Å². The minimum Gasteiger partial charge on any atom is -0.294 e. The Morgan fingerprint density at radius 2 is 2.14 bits per heavy atom. The van der Waals surface area contributed by atoms with Crippen molar-refractivity contribution in [3.8, 4) is 6.07 Å². The molecule has 1 aromatic carbocycles. The van der Waals surface area contributed by atoms with Gasteiger partial charge in [-0.05, 0) is 37.5 Å². The fourth-order valence-electron chi connectivity index (χ4n) is 1.67. The molecule has 72 valence electrons. The number of carbonyl (C=O) groups is 1. The molecule has 0 radical (unpaired) electrons. The van der Waals surface area contributed by atoms with Crippen LogP contribution in [0.4, 0.5) is 0 Å². The number of nitrogens with zero attached hydrogens (tertiary/aromatic N) is 1. The van der Waals surface area contributed by atoms with Gasteiger partial charge in [0.25, 0.3) is 0 Å². The molecule has 2 nitrogen and oxygen atoms in total. The van der Waals surface area contributed by atoms with E-state index in [9.17, 15) is 4.79 Å². The van der Waals surface area contributed by atoms with Gasteiger partial charge >= 0.3 is 0 Å². The fraction of sp³-hybridized carbons (Fsp3) is 0.333. The smallest absolute Gasteiger partial charge is 0.160 e. The highest BCUT2D eigenvalue weighted by molar-refractivity contribution is 5.97. The number of rotatable bonds is 2. The molecule has 0 saturated carbocycles. The van der Waals surface area contributed by atoms with E-state index >= 15 is 0 Å². The summed E-state index contributed by atoms with van der Waals surface area (Å²) in [5.74, 6) is 0.0384. The third-order valence-corrected chi connectivity index (χ3v) is 2.40. The van der Waals surface area contributed by atoms with Crippen molar-refractivity contribution < 1.29 is 4.79 Å². The van der Waals surface area contributed by atoms with Gasteiger partial charge in [-0.1, -0.05) is 13.0 Å². The fourth-order valence-corrected chi connectivity index (χ4v) is 1.67. The van der Waals surface area contributed by atoms with E-state index in [4.69, 9.17) is 5.26 Å². The van der Waals surface area contributed by atoms with Crippen LogP contribution in [0.5, 0.6) is 0 Å². The van der Waals surface area contributed by atoms with Gasteiger partial charge in [0.05, 0.1) is 11.6 Å². The molecule has 14 heavy (non-hydrogen) atoms. The maximum Gasteiger partial charge on any atom is 0.160 e. The second kappa shape index (κ2) is 4.06. The molecule has 0 aromatic heterocycles. The molecule has 0 bridgehead atoms. The van der Waals surface area contributed by atoms with Gasteiger partial charge < -0.3 is 0 Å². The third kappa shape index (κ3) is 1.67. The van der Waals surface area contributed by atoms with Crippen LogP contribution in [0.15, 0.2) is 12.1 Å².